The quantitative estimate of drug-likeness (QED) is 0.509. The van der Waals surface area contributed by atoms with E-state index in [4.69, 9.17) is 4.74 Å². The molecule has 4 heterocycles. The van der Waals surface area contributed by atoms with E-state index in [1.54, 1.807) is 17.6 Å². The molecule has 0 bridgehead atoms. The fourth-order valence-electron chi connectivity index (χ4n) is 6.02. The van der Waals surface area contributed by atoms with Crippen molar-refractivity contribution in [3.05, 3.63) is 35.3 Å². The predicted molar refractivity (Wildman–Crippen MR) is 129 cm³/mol. The minimum absolute atomic E-state index is 0.00924. The van der Waals surface area contributed by atoms with E-state index >= 15 is 0 Å². The molecular weight excluding hydrogens is 475 g/mol. The molecule has 2 aliphatic heterocycles. The van der Waals surface area contributed by atoms with Gasteiger partial charge in [-0.05, 0) is 61.6 Å². The SMILES string of the molecule is FC(F)(F)c1cc(-c2ccc3ncsc3c2)nnc1N[C@@H]1C[C@@H]2CN(CC3CCOCC3)C[C@@H]2C1. The van der Waals surface area contributed by atoms with Crippen LogP contribution >= 0.6 is 11.3 Å². The predicted octanol–water partition coefficient (Wildman–Crippen LogP) is 5.32. The molecule has 35 heavy (non-hydrogen) atoms. The number of anilines is 1. The second-order valence-electron chi connectivity index (χ2n) is 10.1. The molecule has 0 unspecified atom stereocenters. The van der Waals surface area contributed by atoms with Crippen molar-refractivity contribution < 1.29 is 17.9 Å². The molecule has 0 spiro atoms. The van der Waals surface area contributed by atoms with Crippen LogP contribution in [0.5, 0.6) is 0 Å². The molecule has 0 radical (unpaired) electrons. The highest BCUT2D eigenvalue weighted by Crippen LogP contribution is 2.42. The highest BCUT2D eigenvalue weighted by atomic mass is 32.1. The number of hydrogen-bond acceptors (Lipinski definition) is 7. The Bertz CT molecular complexity index is 1180. The van der Waals surface area contributed by atoms with Crippen LogP contribution in [0.1, 0.15) is 31.2 Å². The standard InChI is InChI=1S/C25H28F3N5OS/c26-25(27,28)20-10-22(16-1-2-21-23(9-16)35-14-29-21)31-32-24(20)30-19-7-17-12-33(13-18(17)8-19)11-15-3-5-34-6-4-15/h1-2,9-10,14-15,17-19H,3-8,11-13H2,(H,30,32)/t17-,18+,19-. The molecule has 6 rings (SSSR count). The number of rotatable bonds is 5. The summed E-state index contributed by atoms with van der Waals surface area (Å²) in [6.07, 6.45) is -0.516. The Labute approximate surface area is 205 Å². The van der Waals surface area contributed by atoms with Crippen molar-refractivity contribution in [1.29, 1.82) is 0 Å². The summed E-state index contributed by atoms with van der Waals surface area (Å²) >= 11 is 1.45. The van der Waals surface area contributed by atoms with Gasteiger partial charge in [-0.3, -0.25) is 0 Å². The summed E-state index contributed by atoms with van der Waals surface area (Å²) in [5.74, 6) is 1.60. The summed E-state index contributed by atoms with van der Waals surface area (Å²) in [4.78, 5) is 6.78. The number of ether oxygens (including phenoxy) is 1. The Morgan fingerprint density at radius 2 is 1.83 bits per heavy atom. The lowest BCUT2D eigenvalue weighted by Gasteiger charge is -2.28. The Balaban J connectivity index is 1.14. The van der Waals surface area contributed by atoms with Gasteiger partial charge < -0.3 is 15.0 Å². The molecule has 0 amide bonds. The van der Waals surface area contributed by atoms with E-state index in [1.165, 1.54) is 11.3 Å². The van der Waals surface area contributed by atoms with Crippen LogP contribution in [0.2, 0.25) is 0 Å². The van der Waals surface area contributed by atoms with Crippen molar-refractivity contribution in [2.45, 2.75) is 37.9 Å². The fourth-order valence-corrected chi connectivity index (χ4v) is 6.74. The van der Waals surface area contributed by atoms with Crippen molar-refractivity contribution in [2.24, 2.45) is 17.8 Å². The second-order valence-corrected chi connectivity index (χ2v) is 11.0. The van der Waals surface area contributed by atoms with Gasteiger partial charge in [-0.1, -0.05) is 6.07 Å². The van der Waals surface area contributed by atoms with Crippen LogP contribution in [-0.2, 0) is 10.9 Å². The number of fused-ring (bicyclic) bond motifs is 2. The van der Waals surface area contributed by atoms with Crippen molar-refractivity contribution in [3.63, 3.8) is 0 Å². The van der Waals surface area contributed by atoms with E-state index in [1.807, 2.05) is 6.07 Å². The van der Waals surface area contributed by atoms with E-state index in [0.29, 0.717) is 23.3 Å². The Hall–Kier alpha value is -2.30. The molecule has 6 nitrogen and oxygen atoms in total. The number of aromatic nitrogens is 3. The molecule has 2 aromatic heterocycles. The van der Waals surface area contributed by atoms with Crippen LogP contribution < -0.4 is 5.32 Å². The first-order valence-electron chi connectivity index (χ1n) is 12.3. The second kappa shape index (κ2) is 9.29. The fraction of sp³-hybridized carbons (Fsp3) is 0.560. The molecule has 1 aromatic carbocycles. The van der Waals surface area contributed by atoms with E-state index in [0.717, 1.165) is 74.8 Å². The van der Waals surface area contributed by atoms with Crippen molar-refractivity contribution in [3.8, 4) is 11.3 Å². The topological polar surface area (TPSA) is 63.2 Å². The number of likely N-dealkylation sites (tertiary alicyclic amines) is 1. The van der Waals surface area contributed by atoms with Crippen LogP contribution in [0.25, 0.3) is 21.5 Å². The first-order valence-corrected chi connectivity index (χ1v) is 13.2. The minimum atomic E-state index is -4.52. The molecule has 1 aliphatic carbocycles. The van der Waals surface area contributed by atoms with Crippen molar-refractivity contribution in [2.75, 3.05) is 38.2 Å². The van der Waals surface area contributed by atoms with Gasteiger partial charge in [0.25, 0.3) is 0 Å². The number of benzene rings is 1. The van der Waals surface area contributed by atoms with Gasteiger partial charge in [0, 0.05) is 44.5 Å². The zero-order chi connectivity index (χ0) is 24.0. The minimum Gasteiger partial charge on any atom is -0.381 e. The monoisotopic (exact) mass is 503 g/mol. The van der Waals surface area contributed by atoms with Gasteiger partial charge >= 0.3 is 6.18 Å². The summed E-state index contributed by atoms with van der Waals surface area (Å²) in [5, 5.41) is 11.3. The summed E-state index contributed by atoms with van der Waals surface area (Å²) in [5.41, 5.74) is 2.59. The molecular formula is C25H28F3N5OS. The summed E-state index contributed by atoms with van der Waals surface area (Å²) in [7, 11) is 0. The molecule has 1 saturated carbocycles. The molecule has 3 aromatic rings. The van der Waals surface area contributed by atoms with Crippen LogP contribution in [0.4, 0.5) is 19.0 Å². The largest absolute Gasteiger partial charge is 0.420 e. The molecule has 3 aliphatic rings. The molecule has 10 heteroatoms. The Kier molecular flexibility index (Phi) is 6.14. The van der Waals surface area contributed by atoms with E-state index in [2.05, 4.69) is 25.4 Å². The normalized spacial score (nSPS) is 25.9. The van der Waals surface area contributed by atoms with Gasteiger partial charge in [0.2, 0.25) is 0 Å². The molecule has 186 valence electrons. The highest BCUT2D eigenvalue weighted by molar-refractivity contribution is 7.16. The Morgan fingerprint density at radius 3 is 2.57 bits per heavy atom. The third-order valence-corrected chi connectivity index (χ3v) is 8.54. The van der Waals surface area contributed by atoms with Gasteiger partial charge in [-0.15, -0.1) is 21.5 Å². The number of alkyl halides is 3. The van der Waals surface area contributed by atoms with Gasteiger partial charge in [-0.2, -0.15) is 13.2 Å². The van der Waals surface area contributed by atoms with Crippen molar-refractivity contribution in [1.82, 2.24) is 20.1 Å². The van der Waals surface area contributed by atoms with E-state index < -0.39 is 11.7 Å². The molecule has 2 saturated heterocycles. The van der Waals surface area contributed by atoms with Crippen molar-refractivity contribution >= 4 is 27.4 Å². The van der Waals surface area contributed by atoms with Gasteiger partial charge in [0.1, 0.15) is 5.56 Å². The number of thiazole rings is 1. The van der Waals surface area contributed by atoms with Gasteiger partial charge in [0.05, 0.1) is 21.4 Å². The lowest BCUT2D eigenvalue weighted by molar-refractivity contribution is -0.137. The highest BCUT2D eigenvalue weighted by Gasteiger charge is 2.42. The molecule has 3 atom stereocenters. The maximum Gasteiger partial charge on any atom is 0.420 e. The maximum absolute atomic E-state index is 14.0. The first-order chi connectivity index (χ1) is 16.9. The first kappa shape index (κ1) is 23.1. The summed E-state index contributed by atoms with van der Waals surface area (Å²) in [6.45, 7) is 4.91. The van der Waals surface area contributed by atoms with E-state index in [9.17, 15) is 13.2 Å². The third-order valence-electron chi connectivity index (χ3n) is 7.75. The lowest BCUT2D eigenvalue weighted by Crippen LogP contribution is -2.32. The lowest BCUT2D eigenvalue weighted by atomic mass is 10.00. The van der Waals surface area contributed by atoms with Crippen LogP contribution in [0, 0.1) is 17.8 Å². The number of hydrogen-bond donors (Lipinski definition) is 1. The van der Waals surface area contributed by atoms with Gasteiger partial charge in [-0.25, -0.2) is 4.98 Å². The smallest absolute Gasteiger partial charge is 0.381 e. The summed E-state index contributed by atoms with van der Waals surface area (Å²) < 4.78 is 48.4. The van der Waals surface area contributed by atoms with E-state index in [-0.39, 0.29) is 17.6 Å². The Morgan fingerprint density at radius 1 is 1.06 bits per heavy atom. The number of nitrogens with one attached hydrogen (secondary N) is 1. The number of nitrogens with zero attached hydrogens (tertiary/aromatic N) is 4. The average Bonchev–Trinajstić information content (AvgIpc) is 3.54. The average molecular weight is 504 g/mol. The van der Waals surface area contributed by atoms with Crippen LogP contribution in [0.3, 0.4) is 0 Å². The summed E-state index contributed by atoms with van der Waals surface area (Å²) in [6, 6.07) is 6.45. The number of halogens is 3. The van der Waals surface area contributed by atoms with Gasteiger partial charge in [0.15, 0.2) is 5.82 Å². The molecule has 3 fully saturated rings. The zero-order valence-corrected chi connectivity index (χ0v) is 20.1. The van der Waals surface area contributed by atoms with Crippen LogP contribution in [0.15, 0.2) is 29.8 Å². The van der Waals surface area contributed by atoms with Crippen LogP contribution in [-0.4, -0.2) is 59.0 Å². The zero-order valence-electron chi connectivity index (χ0n) is 19.3. The third kappa shape index (κ3) is 4.88. The maximum atomic E-state index is 14.0. The molecule has 1 N–H and O–H groups in total.